The van der Waals surface area contributed by atoms with Gasteiger partial charge in [-0.15, -0.1) is 0 Å². The Morgan fingerprint density at radius 1 is 1.36 bits per heavy atom. The minimum atomic E-state index is -0.319. The van der Waals surface area contributed by atoms with E-state index in [9.17, 15) is 4.79 Å². The molecule has 1 heterocycles. The molecule has 1 aliphatic heterocycles. The number of hydrogen-bond donors (Lipinski definition) is 1. The number of ether oxygens (including phenoxy) is 1. The van der Waals surface area contributed by atoms with Crippen LogP contribution in [-0.4, -0.2) is 37.6 Å². The van der Waals surface area contributed by atoms with Crippen molar-refractivity contribution in [1.29, 1.82) is 0 Å². The van der Waals surface area contributed by atoms with Gasteiger partial charge < -0.3 is 15.4 Å². The summed E-state index contributed by atoms with van der Waals surface area (Å²) in [6.45, 7) is 6.46. The monoisotopic (exact) mass is 302 g/mol. The highest BCUT2D eigenvalue weighted by atomic mass is 16.5. The van der Waals surface area contributed by atoms with Crippen molar-refractivity contribution in [2.45, 2.75) is 38.5 Å². The van der Waals surface area contributed by atoms with E-state index >= 15 is 0 Å². The predicted octanol–water partition coefficient (Wildman–Crippen LogP) is 2.23. The van der Waals surface area contributed by atoms with Gasteiger partial charge in [0.25, 0.3) is 0 Å². The molecule has 1 atom stereocenters. The van der Waals surface area contributed by atoms with Crippen LogP contribution in [0.15, 0.2) is 18.2 Å². The van der Waals surface area contributed by atoms with Gasteiger partial charge in [-0.25, -0.2) is 0 Å². The van der Waals surface area contributed by atoms with Crippen molar-refractivity contribution in [3.8, 4) is 5.75 Å². The quantitative estimate of drug-likeness (QED) is 0.928. The summed E-state index contributed by atoms with van der Waals surface area (Å²) in [5, 5.41) is 0. The fourth-order valence-corrected chi connectivity index (χ4v) is 3.54. The molecular weight excluding hydrogens is 276 g/mol. The lowest BCUT2D eigenvalue weighted by Crippen LogP contribution is -2.40. The lowest BCUT2D eigenvalue weighted by molar-refractivity contribution is -0.133. The number of carbonyl (C=O) groups excluding carboxylic acids is 1. The number of methoxy groups -OCH3 is 1. The predicted molar refractivity (Wildman–Crippen MR) is 87.0 cm³/mol. The van der Waals surface area contributed by atoms with E-state index in [1.165, 1.54) is 0 Å². The second-order valence-electron chi connectivity index (χ2n) is 7.26. The third-order valence-electron chi connectivity index (χ3n) is 5.46. The largest absolute Gasteiger partial charge is 0.496 e. The Hall–Kier alpha value is -1.55. The molecule has 120 valence electrons. The number of benzene rings is 1. The molecule has 0 bridgehead atoms. The smallest absolute Gasteiger partial charge is 0.233 e. The van der Waals surface area contributed by atoms with E-state index in [4.69, 9.17) is 10.5 Å². The van der Waals surface area contributed by atoms with Crippen molar-refractivity contribution in [2.75, 3.05) is 26.7 Å². The second-order valence-corrected chi connectivity index (χ2v) is 7.26. The van der Waals surface area contributed by atoms with Gasteiger partial charge in [0, 0.05) is 13.1 Å². The van der Waals surface area contributed by atoms with Crippen molar-refractivity contribution < 1.29 is 9.53 Å². The topological polar surface area (TPSA) is 55.6 Å². The molecule has 1 aromatic carbocycles. The molecule has 3 rings (SSSR count). The molecule has 1 saturated carbocycles. The first kappa shape index (κ1) is 15.3. The third kappa shape index (κ3) is 2.39. The van der Waals surface area contributed by atoms with Gasteiger partial charge in [0.05, 0.1) is 12.5 Å². The highest BCUT2D eigenvalue weighted by molar-refractivity contribution is 5.91. The van der Waals surface area contributed by atoms with Crippen LogP contribution in [-0.2, 0) is 10.2 Å². The zero-order valence-corrected chi connectivity index (χ0v) is 13.8. The number of amides is 1. The zero-order valence-electron chi connectivity index (χ0n) is 13.8. The van der Waals surface area contributed by atoms with Crippen molar-refractivity contribution in [3.05, 3.63) is 29.3 Å². The molecule has 0 aromatic heterocycles. The fourth-order valence-electron chi connectivity index (χ4n) is 3.54. The molecular formula is C18H26N2O2. The van der Waals surface area contributed by atoms with Gasteiger partial charge in [-0.3, -0.25) is 4.79 Å². The standard InChI is InChI=1S/C18H26N2O2/c1-13-4-5-14(10-15(13)22-3)18(6-7-18)16(21)20-9-8-17(2,11-19)12-20/h4-5,10H,6-9,11-12,19H2,1-3H3. The van der Waals surface area contributed by atoms with E-state index in [2.05, 4.69) is 19.1 Å². The number of nitrogens with zero attached hydrogens (tertiary/aromatic N) is 1. The summed E-state index contributed by atoms with van der Waals surface area (Å²) in [7, 11) is 1.68. The summed E-state index contributed by atoms with van der Waals surface area (Å²) in [5.41, 5.74) is 7.83. The van der Waals surface area contributed by atoms with Crippen molar-refractivity contribution in [3.63, 3.8) is 0 Å². The zero-order chi connectivity index (χ0) is 16.0. The van der Waals surface area contributed by atoms with Crippen LogP contribution < -0.4 is 10.5 Å². The summed E-state index contributed by atoms with van der Waals surface area (Å²) < 4.78 is 5.42. The Labute approximate surface area is 132 Å². The fraction of sp³-hybridized carbons (Fsp3) is 0.611. The van der Waals surface area contributed by atoms with Gasteiger partial charge in [-0.1, -0.05) is 19.1 Å². The number of hydrogen-bond acceptors (Lipinski definition) is 3. The number of nitrogens with two attached hydrogens (primary N) is 1. The molecule has 1 aromatic rings. The van der Waals surface area contributed by atoms with E-state index < -0.39 is 0 Å². The maximum absolute atomic E-state index is 13.1. The third-order valence-corrected chi connectivity index (χ3v) is 5.46. The molecule has 2 N–H and O–H groups in total. The summed E-state index contributed by atoms with van der Waals surface area (Å²) >= 11 is 0. The van der Waals surface area contributed by atoms with Crippen LogP contribution in [0.2, 0.25) is 0 Å². The summed E-state index contributed by atoms with van der Waals surface area (Å²) in [6.07, 6.45) is 2.88. The molecule has 1 amide bonds. The Morgan fingerprint density at radius 3 is 2.64 bits per heavy atom. The molecule has 1 unspecified atom stereocenters. The van der Waals surface area contributed by atoms with Crippen LogP contribution in [0.1, 0.15) is 37.3 Å². The number of likely N-dealkylation sites (tertiary alicyclic amines) is 1. The molecule has 1 aliphatic carbocycles. The molecule has 4 nitrogen and oxygen atoms in total. The molecule has 2 aliphatic rings. The molecule has 4 heteroatoms. The molecule has 2 fully saturated rings. The van der Waals surface area contributed by atoms with Crippen LogP contribution in [0.3, 0.4) is 0 Å². The molecule has 1 saturated heterocycles. The van der Waals surface area contributed by atoms with Crippen LogP contribution >= 0.6 is 0 Å². The molecule has 0 radical (unpaired) electrons. The van der Waals surface area contributed by atoms with Crippen molar-refractivity contribution in [2.24, 2.45) is 11.1 Å². The minimum absolute atomic E-state index is 0.0801. The Bertz CT molecular complexity index is 595. The van der Waals surface area contributed by atoms with Gasteiger partial charge in [-0.2, -0.15) is 0 Å². The lowest BCUT2D eigenvalue weighted by atomic mass is 9.90. The number of aryl methyl sites for hydroxylation is 1. The summed E-state index contributed by atoms with van der Waals surface area (Å²) in [6, 6.07) is 6.18. The Morgan fingerprint density at radius 2 is 2.09 bits per heavy atom. The minimum Gasteiger partial charge on any atom is -0.496 e. The Kier molecular flexibility index (Phi) is 3.68. The van der Waals surface area contributed by atoms with Gasteiger partial charge in [0.15, 0.2) is 0 Å². The van der Waals surface area contributed by atoms with Crippen molar-refractivity contribution >= 4 is 5.91 Å². The van der Waals surface area contributed by atoms with Gasteiger partial charge in [0.2, 0.25) is 5.91 Å². The first-order chi connectivity index (χ1) is 10.4. The normalized spacial score (nSPS) is 26.1. The van der Waals surface area contributed by atoms with E-state index in [0.29, 0.717) is 6.54 Å². The number of rotatable bonds is 4. The van der Waals surface area contributed by atoms with Crippen LogP contribution in [0.5, 0.6) is 5.75 Å². The lowest BCUT2D eigenvalue weighted by Gasteiger charge is -2.26. The molecule has 22 heavy (non-hydrogen) atoms. The van der Waals surface area contributed by atoms with E-state index in [-0.39, 0.29) is 16.7 Å². The maximum Gasteiger partial charge on any atom is 0.233 e. The average Bonchev–Trinajstić information content (AvgIpc) is 3.24. The van der Waals surface area contributed by atoms with Crippen LogP contribution in [0.4, 0.5) is 0 Å². The van der Waals surface area contributed by atoms with Crippen LogP contribution in [0, 0.1) is 12.3 Å². The van der Waals surface area contributed by atoms with E-state index in [1.807, 2.05) is 17.9 Å². The first-order valence-electron chi connectivity index (χ1n) is 8.09. The van der Waals surface area contributed by atoms with Gasteiger partial charge in [0.1, 0.15) is 5.75 Å². The molecule has 0 spiro atoms. The summed E-state index contributed by atoms with van der Waals surface area (Å²) in [4.78, 5) is 15.1. The average molecular weight is 302 g/mol. The number of carbonyl (C=O) groups is 1. The SMILES string of the molecule is COc1cc(C2(C(=O)N3CCC(C)(CN)C3)CC2)ccc1C. The first-order valence-corrected chi connectivity index (χ1v) is 8.09. The highest BCUT2D eigenvalue weighted by Crippen LogP contribution is 2.51. The van der Waals surface area contributed by atoms with E-state index in [0.717, 1.165) is 49.2 Å². The van der Waals surface area contributed by atoms with Crippen molar-refractivity contribution in [1.82, 2.24) is 4.90 Å². The van der Waals surface area contributed by atoms with Gasteiger partial charge in [-0.05, 0) is 55.3 Å². The van der Waals surface area contributed by atoms with E-state index in [1.54, 1.807) is 7.11 Å². The second kappa shape index (κ2) is 5.27. The van der Waals surface area contributed by atoms with Gasteiger partial charge >= 0.3 is 0 Å². The Balaban J connectivity index is 1.83. The highest BCUT2D eigenvalue weighted by Gasteiger charge is 2.54. The summed E-state index contributed by atoms with van der Waals surface area (Å²) in [5.74, 6) is 1.14. The van der Waals surface area contributed by atoms with Crippen LogP contribution in [0.25, 0.3) is 0 Å². The maximum atomic E-state index is 13.1.